The summed E-state index contributed by atoms with van der Waals surface area (Å²) in [6, 6.07) is 12.7. The van der Waals surface area contributed by atoms with Crippen LogP contribution in [0.5, 0.6) is 0 Å². The van der Waals surface area contributed by atoms with Crippen LogP contribution < -0.4 is 10.2 Å². The van der Waals surface area contributed by atoms with Gasteiger partial charge in [-0.1, -0.05) is 35.9 Å². The number of hydrogen-bond donors (Lipinski definition) is 1. The zero-order chi connectivity index (χ0) is 19.6. The zero-order valence-corrected chi connectivity index (χ0v) is 17.0. The van der Waals surface area contributed by atoms with Crippen molar-refractivity contribution < 1.29 is 13.2 Å². The second-order valence-electron chi connectivity index (χ2n) is 6.95. The van der Waals surface area contributed by atoms with Gasteiger partial charge in [0.05, 0.1) is 34.8 Å². The number of para-hydroxylation sites is 1. The zero-order valence-electron chi connectivity index (χ0n) is 15.4. The van der Waals surface area contributed by atoms with Crippen molar-refractivity contribution in [1.82, 2.24) is 0 Å². The molecule has 27 heavy (non-hydrogen) atoms. The van der Waals surface area contributed by atoms with Gasteiger partial charge in [0.1, 0.15) is 0 Å². The molecule has 0 radical (unpaired) electrons. The van der Waals surface area contributed by atoms with E-state index in [1.165, 1.54) is 0 Å². The van der Waals surface area contributed by atoms with Crippen molar-refractivity contribution in [2.24, 2.45) is 0 Å². The monoisotopic (exact) mass is 406 g/mol. The van der Waals surface area contributed by atoms with Gasteiger partial charge >= 0.3 is 0 Å². The van der Waals surface area contributed by atoms with Gasteiger partial charge in [0, 0.05) is 5.69 Å². The van der Waals surface area contributed by atoms with Crippen LogP contribution in [0.2, 0.25) is 5.02 Å². The van der Waals surface area contributed by atoms with Crippen LogP contribution in [0, 0.1) is 13.8 Å². The third-order valence-electron chi connectivity index (χ3n) is 4.72. The highest BCUT2D eigenvalue weighted by Gasteiger charge is 2.35. The number of nitrogens with zero attached hydrogens (tertiary/aromatic N) is 1. The molecule has 1 aliphatic rings. The number of amides is 1. The molecule has 3 rings (SSSR count). The van der Waals surface area contributed by atoms with Crippen LogP contribution in [0.15, 0.2) is 42.5 Å². The van der Waals surface area contributed by atoms with Gasteiger partial charge in [-0.3, -0.25) is 4.79 Å². The lowest BCUT2D eigenvalue weighted by Crippen LogP contribution is -2.44. The number of sulfone groups is 1. The first-order valence-electron chi connectivity index (χ1n) is 8.85. The molecular weight excluding hydrogens is 384 g/mol. The first-order chi connectivity index (χ1) is 12.8. The smallest absolute Gasteiger partial charge is 0.246 e. The highest BCUT2D eigenvalue weighted by Crippen LogP contribution is 2.28. The molecule has 0 aliphatic carbocycles. The second kappa shape index (κ2) is 7.90. The van der Waals surface area contributed by atoms with Gasteiger partial charge < -0.3 is 10.2 Å². The molecule has 1 saturated heterocycles. The van der Waals surface area contributed by atoms with Gasteiger partial charge in [-0.2, -0.15) is 0 Å². The SMILES string of the molecule is Cc1cc(C)c(NCC(=O)N(c2ccccc2)[C@@H]2CCS(=O)(=O)C2)c(Cl)c1. The Hall–Kier alpha value is -2.05. The van der Waals surface area contributed by atoms with Crippen molar-refractivity contribution in [3.8, 4) is 0 Å². The molecule has 1 fully saturated rings. The fraction of sp³-hybridized carbons (Fsp3) is 0.350. The van der Waals surface area contributed by atoms with Crippen molar-refractivity contribution in [2.45, 2.75) is 26.3 Å². The van der Waals surface area contributed by atoms with Crippen molar-refractivity contribution in [1.29, 1.82) is 0 Å². The van der Waals surface area contributed by atoms with E-state index in [2.05, 4.69) is 5.32 Å². The molecule has 1 heterocycles. The molecule has 0 bridgehead atoms. The van der Waals surface area contributed by atoms with E-state index >= 15 is 0 Å². The Bertz CT molecular complexity index is 922. The summed E-state index contributed by atoms with van der Waals surface area (Å²) in [5.41, 5.74) is 3.44. The maximum Gasteiger partial charge on any atom is 0.246 e. The number of halogens is 1. The average molecular weight is 407 g/mol. The number of aryl methyl sites for hydroxylation is 2. The lowest BCUT2D eigenvalue weighted by atomic mass is 10.1. The Morgan fingerprint density at radius 2 is 1.93 bits per heavy atom. The number of carbonyl (C=O) groups is 1. The largest absolute Gasteiger partial charge is 0.375 e. The first-order valence-corrected chi connectivity index (χ1v) is 11.0. The fourth-order valence-electron chi connectivity index (χ4n) is 3.51. The Balaban J connectivity index is 1.82. The molecular formula is C20H23ClN2O3S. The van der Waals surface area contributed by atoms with Crippen molar-refractivity contribution >= 4 is 38.7 Å². The molecule has 0 unspecified atom stereocenters. The summed E-state index contributed by atoms with van der Waals surface area (Å²) in [6.07, 6.45) is 0.452. The molecule has 2 aromatic rings. The van der Waals surface area contributed by atoms with E-state index in [1.807, 2.05) is 56.3 Å². The van der Waals surface area contributed by atoms with Gasteiger partial charge in [-0.15, -0.1) is 0 Å². The van der Waals surface area contributed by atoms with Gasteiger partial charge in [-0.25, -0.2) is 8.42 Å². The lowest BCUT2D eigenvalue weighted by molar-refractivity contribution is -0.117. The van der Waals surface area contributed by atoms with E-state index in [1.54, 1.807) is 4.90 Å². The Morgan fingerprint density at radius 1 is 1.22 bits per heavy atom. The molecule has 5 nitrogen and oxygen atoms in total. The molecule has 1 N–H and O–H groups in total. The maximum atomic E-state index is 13.0. The normalized spacial score (nSPS) is 18.3. The number of hydrogen-bond acceptors (Lipinski definition) is 4. The molecule has 7 heteroatoms. The maximum absolute atomic E-state index is 13.0. The molecule has 0 aromatic heterocycles. The van der Waals surface area contributed by atoms with E-state index in [9.17, 15) is 13.2 Å². The second-order valence-corrected chi connectivity index (χ2v) is 9.58. The molecule has 1 aliphatic heterocycles. The standard InChI is InChI=1S/C20H23ClN2O3S/c1-14-10-15(2)20(18(21)11-14)22-12-19(24)23(16-6-4-3-5-7-16)17-8-9-27(25,26)13-17/h3-7,10-11,17,22H,8-9,12-13H2,1-2H3/t17-/m1/s1. The average Bonchev–Trinajstić information content (AvgIpc) is 2.94. The minimum absolute atomic E-state index is 0.00203. The van der Waals surface area contributed by atoms with Crippen molar-refractivity contribution in [3.05, 3.63) is 58.6 Å². The van der Waals surface area contributed by atoms with Gasteiger partial charge in [0.2, 0.25) is 5.91 Å². The highest BCUT2D eigenvalue weighted by atomic mass is 35.5. The minimum atomic E-state index is -3.10. The summed E-state index contributed by atoms with van der Waals surface area (Å²) in [7, 11) is -3.10. The number of anilines is 2. The van der Waals surface area contributed by atoms with E-state index in [-0.39, 0.29) is 30.0 Å². The van der Waals surface area contributed by atoms with Crippen LogP contribution in [0.25, 0.3) is 0 Å². The summed E-state index contributed by atoms with van der Waals surface area (Å²) >= 11 is 6.31. The molecule has 0 saturated carbocycles. The van der Waals surface area contributed by atoms with E-state index in [0.29, 0.717) is 17.1 Å². The Morgan fingerprint density at radius 3 is 2.52 bits per heavy atom. The number of nitrogens with one attached hydrogen (secondary N) is 1. The summed E-state index contributed by atoms with van der Waals surface area (Å²) in [6.45, 7) is 3.94. The van der Waals surface area contributed by atoms with E-state index < -0.39 is 9.84 Å². The third kappa shape index (κ3) is 4.62. The Labute approximate surface area is 165 Å². The quantitative estimate of drug-likeness (QED) is 0.823. The molecule has 2 aromatic carbocycles. The lowest BCUT2D eigenvalue weighted by Gasteiger charge is -2.29. The topological polar surface area (TPSA) is 66.5 Å². The third-order valence-corrected chi connectivity index (χ3v) is 6.77. The fourth-order valence-corrected chi connectivity index (χ4v) is 5.60. The van der Waals surface area contributed by atoms with Crippen molar-refractivity contribution in [3.63, 3.8) is 0 Å². The number of carbonyl (C=O) groups excluding carboxylic acids is 1. The van der Waals surface area contributed by atoms with Crippen LogP contribution >= 0.6 is 11.6 Å². The molecule has 144 valence electrons. The minimum Gasteiger partial charge on any atom is -0.375 e. The van der Waals surface area contributed by atoms with Crippen LogP contribution in [-0.4, -0.2) is 38.4 Å². The van der Waals surface area contributed by atoms with Crippen LogP contribution in [0.1, 0.15) is 17.5 Å². The van der Waals surface area contributed by atoms with E-state index in [4.69, 9.17) is 11.6 Å². The Kier molecular flexibility index (Phi) is 5.77. The summed E-state index contributed by atoms with van der Waals surface area (Å²) in [4.78, 5) is 14.6. The van der Waals surface area contributed by atoms with Crippen LogP contribution in [0.4, 0.5) is 11.4 Å². The molecule has 1 amide bonds. The predicted octanol–water partition coefficient (Wildman–Crippen LogP) is 3.59. The van der Waals surface area contributed by atoms with Crippen LogP contribution in [0.3, 0.4) is 0 Å². The van der Waals surface area contributed by atoms with Crippen LogP contribution in [-0.2, 0) is 14.6 Å². The van der Waals surface area contributed by atoms with Gasteiger partial charge in [-0.05, 0) is 49.6 Å². The summed E-state index contributed by atoms with van der Waals surface area (Å²) in [5, 5.41) is 3.69. The molecule has 0 spiro atoms. The summed E-state index contributed by atoms with van der Waals surface area (Å²) in [5.74, 6) is -0.0675. The molecule has 1 atom stereocenters. The number of rotatable bonds is 5. The highest BCUT2D eigenvalue weighted by molar-refractivity contribution is 7.91. The number of benzene rings is 2. The first kappa shape index (κ1) is 19.7. The summed E-state index contributed by atoms with van der Waals surface area (Å²) < 4.78 is 23.9. The van der Waals surface area contributed by atoms with Crippen molar-refractivity contribution in [2.75, 3.05) is 28.3 Å². The van der Waals surface area contributed by atoms with E-state index in [0.717, 1.165) is 16.8 Å². The van der Waals surface area contributed by atoms with Gasteiger partial charge in [0.15, 0.2) is 9.84 Å². The predicted molar refractivity (Wildman–Crippen MR) is 110 cm³/mol. The van der Waals surface area contributed by atoms with Gasteiger partial charge in [0.25, 0.3) is 0 Å².